The van der Waals surface area contributed by atoms with Crippen LogP contribution in [0.5, 0.6) is 0 Å². The molecule has 0 aliphatic heterocycles. The first-order valence-corrected chi connectivity index (χ1v) is 8.33. The number of Topliss-reactive ketones (excluding diaryl/α,β-unsaturated/α-hetero) is 1. The molecule has 0 fully saturated rings. The van der Waals surface area contributed by atoms with Crippen LogP contribution in [0.25, 0.3) is 16.6 Å². The highest BCUT2D eigenvalue weighted by atomic mass is 32.1. The maximum atomic E-state index is 12.7. The van der Waals surface area contributed by atoms with E-state index in [2.05, 4.69) is 9.97 Å². The van der Waals surface area contributed by atoms with E-state index in [1.165, 1.54) is 11.3 Å². The summed E-state index contributed by atoms with van der Waals surface area (Å²) in [5.74, 6) is 0.106. The number of hydrogen-bond acceptors (Lipinski definition) is 4. The molecule has 3 nitrogen and oxygen atoms in total. The SMILES string of the molecule is O=C1C(=Cc2cccnc2)CCc2nc(-c3ccccc3)sc21. The number of hydrogen-bond donors (Lipinski definition) is 0. The van der Waals surface area contributed by atoms with Gasteiger partial charge in [-0.3, -0.25) is 9.78 Å². The van der Waals surface area contributed by atoms with Crippen LogP contribution >= 0.6 is 11.3 Å². The summed E-state index contributed by atoms with van der Waals surface area (Å²) in [4.78, 5) is 22.3. The van der Waals surface area contributed by atoms with Crippen molar-refractivity contribution in [1.29, 1.82) is 0 Å². The molecule has 0 bridgehead atoms. The molecule has 1 aromatic carbocycles. The van der Waals surface area contributed by atoms with Crippen molar-refractivity contribution in [3.05, 3.63) is 76.6 Å². The van der Waals surface area contributed by atoms with E-state index in [-0.39, 0.29) is 5.78 Å². The van der Waals surface area contributed by atoms with Crippen LogP contribution in [0.2, 0.25) is 0 Å². The lowest BCUT2D eigenvalue weighted by atomic mass is 9.94. The number of ketones is 1. The molecule has 0 N–H and O–H groups in total. The number of aryl methyl sites for hydroxylation is 1. The third-order valence-electron chi connectivity index (χ3n) is 3.87. The number of carbonyl (C=O) groups excluding carboxylic acids is 1. The van der Waals surface area contributed by atoms with Gasteiger partial charge in [-0.05, 0) is 30.5 Å². The van der Waals surface area contributed by atoms with E-state index in [0.29, 0.717) is 0 Å². The maximum absolute atomic E-state index is 12.7. The van der Waals surface area contributed by atoms with Crippen LogP contribution in [0.1, 0.15) is 27.3 Å². The lowest BCUT2D eigenvalue weighted by Gasteiger charge is -2.12. The summed E-state index contributed by atoms with van der Waals surface area (Å²) in [5.41, 5.74) is 3.81. The maximum Gasteiger partial charge on any atom is 0.200 e. The molecule has 0 saturated carbocycles. The molecule has 2 heterocycles. The third kappa shape index (κ3) is 2.73. The number of carbonyl (C=O) groups is 1. The number of benzene rings is 1. The van der Waals surface area contributed by atoms with Crippen LogP contribution in [0.3, 0.4) is 0 Å². The van der Waals surface area contributed by atoms with Crippen molar-refractivity contribution in [2.24, 2.45) is 0 Å². The van der Waals surface area contributed by atoms with Gasteiger partial charge in [0.2, 0.25) is 5.78 Å². The Kier molecular flexibility index (Phi) is 3.60. The van der Waals surface area contributed by atoms with Gasteiger partial charge in [0.25, 0.3) is 0 Å². The van der Waals surface area contributed by atoms with Crippen LogP contribution in [0, 0.1) is 0 Å². The van der Waals surface area contributed by atoms with Gasteiger partial charge in [-0.25, -0.2) is 4.98 Å². The van der Waals surface area contributed by atoms with Crippen molar-refractivity contribution in [2.45, 2.75) is 12.8 Å². The summed E-state index contributed by atoms with van der Waals surface area (Å²) in [6.07, 6.45) is 7.01. The predicted octanol–water partition coefficient (Wildman–Crippen LogP) is 4.42. The van der Waals surface area contributed by atoms with E-state index in [4.69, 9.17) is 0 Å². The first kappa shape index (κ1) is 14.0. The number of pyridine rings is 1. The number of thiazole rings is 1. The Hall–Kier alpha value is -2.59. The van der Waals surface area contributed by atoms with E-state index in [0.717, 1.165) is 45.1 Å². The quantitative estimate of drug-likeness (QED) is 0.657. The molecule has 0 radical (unpaired) electrons. The monoisotopic (exact) mass is 318 g/mol. The van der Waals surface area contributed by atoms with Gasteiger partial charge >= 0.3 is 0 Å². The van der Waals surface area contributed by atoms with Gasteiger partial charge < -0.3 is 0 Å². The standard InChI is InChI=1S/C19H14N2OS/c22-17-15(11-13-5-4-10-20-12-13)8-9-16-18(17)23-19(21-16)14-6-2-1-3-7-14/h1-7,10-12H,8-9H2. The summed E-state index contributed by atoms with van der Waals surface area (Å²) >= 11 is 1.49. The van der Waals surface area contributed by atoms with Crippen molar-refractivity contribution < 1.29 is 4.79 Å². The highest BCUT2D eigenvalue weighted by Gasteiger charge is 2.26. The van der Waals surface area contributed by atoms with Crippen LogP contribution in [0.15, 0.2) is 60.4 Å². The second-order valence-electron chi connectivity index (χ2n) is 5.45. The average molecular weight is 318 g/mol. The molecule has 0 unspecified atom stereocenters. The summed E-state index contributed by atoms with van der Waals surface area (Å²) in [6, 6.07) is 13.9. The van der Waals surface area contributed by atoms with Gasteiger partial charge in [0.05, 0.1) is 10.6 Å². The Bertz CT molecular complexity index is 882. The normalized spacial score (nSPS) is 15.7. The van der Waals surface area contributed by atoms with Crippen molar-refractivity contribution in [3.8, 4) is 10.6 Å². The fourth-order valence-electron chi connectivity index (χ4n) is 2.72. The van der Waals surface area contributed by atoms with Gasteiger partial charge in [-0.1, -0.05) is 36.4 Å². The van der Waals surface area contributed by atoms with Crippen molar-refractivity contribution >= 4 is 23.2 Å². The molecule has 0 amide bonds. The van der Waals surface area contributed by atoms with E-state index in [1.54, 1.807) is 12.4 Å². The molecule has 112 valence electrons. The highest BCUT2D eigenvalue weighted by molar-refractivity contribution is 7.17. The van der Waals surface area contributed by atoms with Crippen LogP contribution < -0.4 is 0 Å². The number of allylic oxidation sites excluding steroid dienone is 1. The van der Waals surface area contributed by atoms with Gasteiger partial charge in [0, 0.05) is 23.5 Å². The largest absolute Gasteiger partial charge is 0.288 e. The Morgan fingerprint density at radius 3 is 2.70 bits per heavy atom. The molecule has 2 aromatic heterocycles. The molecule has 0 spiro atoms. The molecule has 23 heavy (non-hydrogen) atoms. The summed E-state index contributed by atoms with van der Waals surface area (Å²) in [7, 11) is 0. The molecule has 1 aliphatic carbocycles. The molecule has 1 aliphatic rings. The van der Waals surface area contributed by atoms with E-state index < -0.39 is 0 Å². The minimum atomic E-state index is 0.106. The van der Waals surface area contributed by atoms with Crippen LogP contribution in [-0.4, -0.2) is 15.8 Å². The second-order valence-corrected chi connectivity index (χ2v) is 6.44. The van der Waals surface area contributed by atoms with Crippen molar-refractivity contribution in [3.63, 3.8) is 0 Å². The smallest absolute Gasteiger partial charge is 0.200 e. The second kappa shape index (κ2) is 5.89. The average Bonchev–Trinajstić information content (AvgIpc) is 3.04. The summed E-state index contributed by atoms with van der Waals surface area (Å²) < 4.78 is 0. The van der Waals surface area contributed by atoms with Crippen molar-refractivity contribution in [1.82, 2.24) is 9.97 Å². The zero-order chi connectivity index (χ0) is 15.6. The lowest BCUT2D eigenvalue weighted by molar-refractivity contribution is 0.103. The van der Waals surface area contributed by atoms with Gasteiger partial charge in [-0.15, -0.1) is 11.3 Å². The number of fused-ring (bicyclic) bond motifs is 1. The Morgan fingerprint density at radius 2 is 1.91 bits per heavy atom. The zero-order valence-corrected chi connectivity index (χ0v) is 13.2. The van der Waals surface area contributed by atoms with Gasteiger partial charge in [0.1, 0.15) is 5.01 Å². The third-order valence-corrected chi connectivity index (χ3v) is 5.02. The summed E-state index contributed by atoms with van der Waals surface area (Å²) in [6.45, 7) is 0. The fourth-order valence-corrected chi connectivity index (χ4v) is 3.81. The molecule has 4 heteroatoms. The van der Waals surface area contributed by atoms with Gasteiger partial charge in [0.15, 0.2) is 0 Å². The van der Waals surface area contributed by atoms with Crippen molar-refractivity contribution in [2.75, 3.05) is 0 Å². The van der Waals surface area contributed by atoms with Crippen LogP contribution in [-0.2, 0) is 6.42 Å². The minimum absolute atomic E-state index is 0.106. The minimum Gasteiger partial charge on any atom is -0.288 e. The van der Waals surface area contributed by atoms with E-state index >= 15 is 0 Å². The molecular weight excluding hydrogens is 304 g/mol. The topological polar surface area (TPSA) is 42.9 Å². The van der Waals surface area contributed by atoms with Crippen LogP contribution in [0.4, 0.5) is 0 Å². The molecule has 0 saturated heterocycles. The number of aromatic nitrogens is 2. The number of rotatable bonds is 2. The molecular formula is C19H14N2OS. The molecule has 4 rings (SSSR count). The van der Waals surface area contributed by atoms with E-state index in [1.807, 2.05) is 48.5 Å². The molecule has 3 aromatic rings. The molecule has 0 atom stereocenters. The first-order chi connectivity index (χ1) is 11.3. The zero-order valence-electron chi connectivity index (χ0n) is 12.4. The Morgan fingerprint density at radius 1 is 1.04 bits per heavy atom. The Labute approximate surface area is 138 Å². The van der Waals surface area contributed by atoms with E-state index in [9.17, 15) is 4.79 Å². The highest BCUT2D eigenvalue weighted by Crippen LogP contribution is 2.34. The Balaban J connectivity index is 1.70. The van der Waals surface area contributed by atoms with Gasteiger partial charge in [-0.2, -0.15) is 0 Å². The number of nitrogens with zero attached hydrogens (tertiary/aromatic N) is 2. The summed E-state index contributed by atoms with van der Waals surface area (Å²) in [5, 5.41) is 0.923. The first-order valence-electron chi connectivity index (χ1n) is 7.52. The lowest BCUT2D eigenvalue weighted by Crippen LogP contribution is -2.12. The predicted molar refractivity (Wildman–Crippen MR) is 92.4 cm³/mol. The fraction of sp³-hybridized carbons (Fsp3) is 0.105.